The number of carbonyl (C=O) groups is 2. The highest BCUT2D eigenvalue weighted by atomic mass is 16.6. The molecule has 0 N–H and O–H groups in total. The molecule has 118 valence electrons. The van der Waals surface area contributed by atoms with Crippen molar-refractivity contribution in [2.75, 3.05) is 20.6 Å². The fourth-order valence-electron chi connectivity index (χ4n) is 2.54. The number of amides is 1. The van der Waals surface area contributed by atoms with Crippen LogP contribution >= 0.6 is 0 Å². The zero-order chi connectivity index (χ0) is 16.1. The Bertz CT molecular complexity index is 567. The van der Waals surface area contributed by atoms with E-state index in [0.717, 1.165) is 5.56 Å². The van der Waals surface area contributed by atoms with Crippen LogP contribution < -0.4 is 0 Å². The average Bonchev–Trinajstić information content (AvgIpc) is 2.81. The second-order valence-corrected chi connectivity index (χ2v) is 5.57. The number of likely N-dealkylation sites (tertiary alicyclic amines) is 1. The monoisotopic (exact) mass is 302 g/mol. The van der Waals surface area contributed by atoms with Crippen molar-refractivity contribution in [3.63, 3.8) is 0 Å². The minimum absolute atomic E-state index is 0.00728. The first-order valence-electron chi connectivity index (χ1n) is 7.41. The number of hydrogen-bond acceptors (Lipinski definition) is 4. The van der Waals surface area contributed by atoms with Gasteiger partial charge in [-0.3, -0.25) is 9.69 Å². The molecule has 0 aromatic heterocycles. The Hall–Kier alpha value is -2.30. The second kappa shape index (κ2) is 7.11. The summed E-state index contributed by atoms with van der Waals surface area (Å²) in [6.07, 6.45) is 1.92. The van der Waals surface area contributed by atoms with Crippen molar-refractivity contribution in [2.24, 2.45) is 0 Å². The maximum absolute atomic E-state index is 12.3. The van der Waals surface area contributed by atoms with Gasteiger partial charge in [0.05, 0.1) is 12.6 Å². The number of ketones is 1. The summed E-state index contributed by atoms with van der Waals surface area (Å²) in [6, 6.07) is 9.09. The lowest BCUT2D eigenvalue weighted by Crippen LogP contribution is -2.37. The molecule has 1 saturated heterocycles. The fourth-order valence-corrected chi connectivity index (χ4v) is 2.54. The van der Waals surface area contributed by atoms with E-state index in [9.17, 15) is 9.59 Å². The van der Waals surface area contributed by atoms with Crippen molar-refractivity contribution >= 4 is 11.9 Å². The Labute approximate surface area is 131 Å². The second-order valence-electron chi connectivity index (χ2n) is 5.57. The summed E-state index contributed by atoms with van der Waals surface area (Å²) in [4.78, 5) is 27.9. The molecule has 1 fully saturated rings. The minimum atomic E-state index is -0.439. The van der Waals surface area contributed by atoms with Crippen LogP contribution in [0.4, 0.5) is 4.79 Å². The maximum Gasteiger partial charge on any atom is 0.411 e. The van der Waals surface area contributed by atoms with Gasteiger partial charge in [-0.15, -0.1) is 0 Å². The van der Waals surface area contributed by atoms with Crippen LogP contribution in [0.25, 0.3) is 0 Å². The molecule has 1 unspecified atom stereocenters. The van der Waals surface area contributed by atoms with Gasteiger partial charge in [-0.05, 0) is 12.0 Å². The van der Waals surface area contributed by atoms with Gasteiger partial charge in [-0.2, -0.15) is 0 Å². The number of hydrogen-bond donors (Lipinski definition) is 0. The standard InChI is InChI=1S/C17H22N2O3/c1-4-15-16(20)14(10-18(2)3)11-19(15)17(21)22-12-13-8-6-5-7-9-13/h5-10,15H,4,11-12H2,1-3H3/b14-10-. The third-order valence-electron chi connectivity index (χ3n) is 3.58. The van der Waals surface area contributed by atoms with Crippen LogP contribution in [0.3, 0.4) is 0 Å². The summed E-state index contributed by atoms with van der Waals surface area (Å²) in [5, 5.41) is 0. The van der Waals surface area contributed by atoms with Gasteiger partial charge in [-0.1, -0.05) is 37.3 Å². The third-order valence-corrected chi connectivity index (χ3v) is 3.58. The molecule has 1 aromatic carbocycles. The van der Waals surface area contributed by atoms with E-state index in [2.05, 4.69) is 0 Å². The van der Waals surface area contributed by atoms with E-state index >= 15 is 0 Å². The van der Waals surface area contributed by atoms with Crippen molar-refractivity contribution in [2.45, 2.75) is 26.0 Å². The number of benzene rings is 1. The first-order valence-corrected chi connectivity index (χ1v) is 7.41. The summed E-state index contributed by atoms with van der Waals surface area (Å²) in [5.41, 5.74) is 1.58. The molecule has 1 aliphatic heterocycles. The van der Waals surface area contributed by atoms with Crippen molar-refractivity contribution < 1.29 is 14.3 Å². The van der Waals surface area contributed by atoms with Crippen LogP contribution in [-0.4, -0.2) is 48.4 Å². The molecule has 1 atom stereocenters. The zero-order valence-electron chi connectivity index (χ0n) is 13.3. The zero-order valence-corrected chi connectivity index (χ0v) is 13.3. The minimum Gasteiger partial charge on any atom is -0.445 e. The quantitative estimate of drug-likeness (QED) is 0.802. The molecule has 1 aromatic rings. The first-order chi connectivity index (χ1) is 10.5. The van der Waals surface area contributed by atoms with Crippen LogP contribution in [0.1, 0.15) is 18.9 Å². The van der Waals surface area contributed by atoms with E-state index in [1.807, 2.05) is 56.3 Å². The maximum atomic E-state index is 12.3. The van der Waals surface area contributed by atoms with Gasteiger partial charge in [-0.25, -0.2) is 4.79 Å². The predicted molar refractivity (Wildman–Crippen MR) is 84.2 cm³/mol. The number of rotatable bonds is 4. The van der Waals surface area contributed by atoms with Crippen LogP contribution in [0.5, 0.6) is 0 Å². The third kappa shape index (κ3) is 3.67. The van der Waals surface area contributed by atoms with E-state index in [-0.39, 0.29) is 12.4 Å². The lowest BCUT2D eigenvalue weighted by Gasteiger charge is -2.21. The molecule has 0 radical (unpaired) electrons. The van der Waals surface area contributed by atoms with Crippen LogP contribution in [0, 0.1) is 0 Å². The molecule has 5 heteroatoms. The summed E-state index contributed by atoms with van der Waals surface area (Å²) in [7, 11) is 3.72. The topological polar surface area (TPSA) is 49.9 Å². The van der Waals surface area contributed by atoms with Crippen molar-refractivity contribution in [1.82, 2.24) is 9.80 Å². The van der Waals surface area contributed by atoms with Crippen LogP contribution in [0.15, 0.2) is 42.1 Å². The molecule has 1 heterocycles. The average molecular weight is 302 g/mol. The smallest absolute Gasteiger partial charge is 0.411 e. The van der Waals surface area contributed by atoms with Crippen molar-refractivity contribution in [1.29, 1.82) is 0 Å². The van der Waals surface area contributed by atoms with Crippen molar-refractivity contribution in [3.05, 3.63) is 47.7 Å². The van der Waals surface area contributed by atoms with Gasteiger partial charge in [0.15, 0.2) is 5.78 Å². The lowest BCUT2D eigenvalue weighted by molar-refractivity contribution is -0.117. The fraction of sp³-hybridized carbons (Fsp3) is 0.412. The Morgan fingerprint density at radius 1 is 1.36 bits per heavy atom. The van der Waals surface area contributed by atoms with Gasteiger partial charge < -0.3 is 9.64 Å². The van der Waals surface area contributed by atoms with Gasteiger partial charge in [0.1, 0.15) is 6.61 Å². The SMILES string of the molecule is CCC1C(=O)/C(=C\N(C)C)CN1C(=O)OCc1ccccc1. The molecule has 1 aliphatic rings. The molecule has 2 rings (SSSR count). The normalized spacial score (nSPS) is 19.6. The molecular formula is C17H22N2O3. The number of ether oxygens (including phenoxy) is 1. The Morgan fingerprint density at radius 2 is 2.05 bits per heavy atom. The Balaban J connectivity index is 2.03. The highest BCUT2D eigenvalue weighted by Gasteiger charge is 2.39. The number of Topliss-reactive ketones (excluding diaryl/α,β-unsaturated/α-hetero) is 1. The molecule has 0 aliphatic carbocycles. The lowest BCUT2D eigenvalue weighted by atomic mass is 10.1. The highest BCUT2D eigenvalue weighted by Crippen LogP contribution is 2.23. The van der Waals surface area contributed by atoms with Gasteiger partial charge >= 0.3 is 6.09 Å². The molecule has 0 spiro atoms. The molecule has 0 bridgehead atoms. The molecule has 22 heavy (non-hydrogen) atoms. The molecule has 5 nitrogen and oxygen atoms in total. The van der Waals surface area contributed by atoms with E-state index in [1.54, 1.807) is 6.20 Å². The predicted octanol–water partition coefficient (Wildman–Crippen LogP) is 2.43. The van der Waals surface area contributed by atoms with E-state index in [1.165, 1.54) is 4.90 Å². The molecular weight excluding hydrogens is 280 g/mol. The summed E-state index contributed by atoms with van der Waals surface area (Å²) >= 11 is 0. The largest absolute Gasteiger partial charge is 0.445 e. The van der Waals surface area contributed by atoms with E-state index in [4.69, 9.17) is 4.74 Å². The Morgan fingerprint density at radius 3 is 2.64 bits per heavy atom. The highest BCUT2D eigenvalue weighted by molar-refractivity contribution is 6.04. The van der Waals surface area contributed by atoms with Crippen molar-refractivity contribution in [3.8, 4) is 0 Å². The number of carbonyl (C=O) groups excluding carboxylic acids is 2. The Kier molecular flexibility index (Phi) is 5.20. The van der Waals surface area contributed by atoms with Gasteiger partial charge in [0.2, 0.25) is 0 Å². The van der Waals surface area contributed by atoms with E-state index in [0.29, 0.717) is 18.5 Å². The van der Waals surface area contributed by atoms with E-state index < -0.39 is 12.1 Å². The molecule has 0 saturated carbocycles. The van der Waals surface area contributed by atoms with Gasteiger partial charge in [0, 0.05) is 25.9 Å². The summed E-state index contributed by atoms with van der Waals surface area (Å²) in [6.45, 7) is 2.43. The van der Waals surface area contributed by atoms with Crippen LogP contribution in [-0.2, 0) is 16.1 Å². The summed E-state index contributed by atoms with van der Waals surface area (Å²) in [5.74, 6) is 0.00728. The van der Waals surface area contributed by atoms with Gasteiger partial charge in [0.25, 0.3) is 0 Å². The first kappa shape index (κ1) is 16.1. The van der Waals surface area contributed by atoms with Crippen LogP contribution in [0.2, 0.25) is 0 Å². The number of nitrogens with zero attached hydrogens (tertiary/aromatic N) is 2. The molecule has 1 amide bonds. The summed E-state index contributed by atoms with van der Waals surface area (Å²) < 4.78 is 5.34.